The van der Waals surface area contributed by atoms with E-state index in [4.69, 9.17) is 4.52 Å². The lowest BCUT2D eigenvalue weighted by atomic mass is 10.2. The molecule has 2 heterocycles. The summed E-state index contributed by atoms with van der Waals surface area (Å²) < 4.78 is 27.6. The third kappa shape index (κ3) is 2.40. The molecule has 98 valence electrons. The van der Waals surface area contributed by atoms with E-state index in [0.717, 1.165) is 18.6 Å². The maximum Gasteiger partial charge on any atom is 0.273 e. The number of hydrogen-bond donors (Lipinski definition) is 1. The van der Waals surface area contributed by atoms with E-state index in [1.807, 2.05) is 0 Å². The zero-order chi connectivity index (χ0) is 12.8. The maximum atomic E-state index is 11.8. The van der Waals surface area contributed by atoms with Gasteiger partial charge in [-0.3, -0.25) is 4.79 Å². The van der Waals surface area contributed by atoms with E-state index in [2.05, 4.69) is 10.5 Å². The number of carbonyl (C=O) groups is 1. The van der Waals surface area contributed by atoms with Gasteiger partial charge in [0.05, 0.1) is 11.5 Å². The number of hydrogen-bond acceptors (Lipinski definition) is 5. The van der Waals surface area contributed by atoms with E-state index < -0.39 is 9.84 Å². The Bertz CT molecular complexity index is 574. The third-order valence-corrected chi connectivity index (χ3v) is 5.08. The van der Waals surface area contributed by atoms with Gasteiger partial charge in [0, 0.05) is 18.0 Å². The fourth-order valence-corrected chi connectivity index (χ4v) is 3.80. The number of amides is 1. The van der Waals surface area contributed by atoms with Crippen molar-refractivity contribution in [3.05, 3.63) is 17.5 Å². The Balaban J connectivity index is 1.63. The Hall–Kier alpha value is -1.37. The SMILES string of the molecule is O=C(NC1CCS(=O)(=O)C1)c1cc(C2CC2)on1. The van der Waals surface area contributed by atoms with Gasteiger partial charge in [0.15, 0.2) is 15.5 Å². The molecule has 1 aliphatic heterocycles. The molecule has 0 spiro atoms. The molecule has 1 aromatic rings. The fraction of sp³-hybridized carbons (Fsp3) is 0.636. The van der Waals surface area contributed by atoms with Crippen molar-refractivity contribution in [1.29, 1.82) is 0 Å². The Labute approximate surface area is 105 Å². The summed E-state index contributed by atoms with van der Waals surface area (Å²) in [5.41, 5.74) is 0.237. The molecule has 1 aromatic heterocycles. The summed E-state index contributed by atoms with van der Waals surface area (Å²) in [7, 11) is -2.98. The van der Waals surface area contributed by atoms with E-state index in [9.17, 15) is 13.2 Å². The lowest BCUT2D eigenvalue weighted by molar-refractivity contribution is 0.0932. The number of rotatable bonds is 3. The molecule has 2 fully saturated rings. The Morgan fingerprint density at radius 1 is 1.39 bits per heavy atom. The summed E-state index contributed by atoms with van der Waals surface area (Å²) in [6.45, 7) is 0. The van der Waals surface area contributed by atoms with E-state index in [1.54, 1.807) is 6.07 Å². The third-order valence-electron chi connectivity index (χ3n) is 3.31. The fourth-order valence-electron chi connectivity index (χ4n) is 2.12. The van der Waals surface area contributed by atoms with Crippen molar-refractivity contribution in [3.63, 3.8) is 0 Å². The molecule has 1 N–H and O–H groups in total. The highest BCUT2D eigenvalue weighted by Gasteiger charge is 2.31. The van der Waals surface area contributed by atoms with Crippen LogP contribution in [0.4, 0.5) is 0 Å². The number of sulfone groups is 1. The molecule has 6 nitrogen and oxygen atoms in total. The van der Waals surface area contributed by atoms with Gasteiger partial charge in [0.2, 0.25) is 0 Å². The smallest absolute Gasteiger partial charge is 0.273 e. The molecule has 3 rings (SSSR count). The topological polar surface area (TPSA) is 89.3 Å². The van der Waals surface area contributed by atoms with Crippen LogP contribution in [0.25, 0.3) is 0 Å². The summed E-state index contributed by atoms with van der Waals surface area (Å²) in [4.78, 5) is 11.8. The number of nitrogens with zero attached hydrogens (tertiary/aromatic N) is 1. The van der Waals surface area contributed by atoms with Crippen molar-refractivity contribution < 1.29 is 17.7 Å². The van der Waals surface area contributed by atoms with Crippen molar-refractivity contribution >= 4 is 15.7 Å². The Kier molecular flexibility index (Phi) is 2.65. The van der Waals surface area contributed by atoms with Gasteiger partial charge in [0.25, 0.3) is 5.91 Å². The van der Waals surface area contributed by atoms with Crippen molar-refractivity contribution in [2.75, 3.05) is 11.5 Å². The van der Waals surface area contributed by atoms with Crippen LogP contribution in [0.15, 0.2) is 10.6 Å². The van der Waals surface area contributed by atoms with Gasteiger partial charge in [-0.2, -0.15) is 0 Å². The molecule has 1 saturated heterocycles. The molecule has 1 saturated carbocycles. The van der Waals surface area contributed by atoms with Crippen LogP contribution in [0.1, 0.15) is 41.4 Å². The first-order valence-corrected chi connectivity index (χ1v) is 7.83. The molecule has 0 aromatic carbocycles. The summed E-state index contributed by atoms with van der Waals surface area (Å²) in [6, 6.07) is 1.35. The zero-order valence-corrected chi connectivity index (χ0v) is 10.6. The summed E-state index contributed by atoms with van der Waals surface area (Å²) in [6.07, 6.45) is 2.63. The van der Waals surface area contributed by atoms with Gasteiger partial charge in [-0.25, -0.2) is 8.42 Å². The van der Waals surface area contributed by atoms with Crippen LogP contribution in [0, 0.1) is 0 Å². The first-order valence-electron chi connectivity index (χ1n) is 6.01. The van der Waals surface area contributed by atoms with E-state index in [-0.39, 0.29) is 29.1 Å². The van der Waals surface area contributed by atoms with Gasteiger partial charge < -0.3 is 9.84 Å². The Morgan fingerprint density at radius 3 is 2.78 bits per heavy atom. The molecule has 2 aliphatic rings. The summed E-state index contributed by atoms with van der Waals surface area (Å²) in [5, 5.41) is 6.40. The summed E-state index contributed by atoms with van der Waals surface area (Å²) >= 11 is 0. The van der Waals surface area contributed by atoms with E-state index in [0.29, 0.717) is 12.3 Å². The summed E-state index contributed by atoms with van der Waals surface area (Å²) in [5.74, 6) is 0.966. The van der Waals surface area contributed by atoms with Crippen LogP contribution in [0.2, 0.25) is 0 Å². The molecule has 0 bridgehead atoms. The first-order chi connectivity index (χ1) is 8.53. The van der Waals surface area contributed by atoms with Crippen LogP contribution >= 0.6 is 0 Å². The van der Waals surface area contributed by atoms with Crippen LogP contribution in [0.5, 0.6) is 0 Å². The number of nitrogens with one attached hydrogen (secondary N) is 1. The van der Waals surface area contributed by atoms with Crippen LogP contribution in [-0.2, 0) is 9.84 Å². The van der Waals surface area contributed by atoms with Crippen LogP contribution < -0.4 is 5.32 Å². The van der Waals surface area contributed by atoms with Gasteiger partial charge in [-0.1, -0.05) is 5.16 Å². The monoisotopic (exact) mass is 270 g/mol. The predicted molar refractivity (Wildman–Crippen MR) is 63.0 cm³/mol. The lowest BCUT2D eigenvalue weighted by Crippen LogP contribution is -2.35. The normalized spacial score (nSPS) is 26.1. The zero-order valence-electron chi connectivity index (χ0n) is 9.76. The molecule has 1 atom stereocenters. The second kappa shape index (κ2) is 4.08. The highest BCUT2D eigenvalue weighted by atomic mass is 32.2. The van der Waals surface area contributed by atoms with Crippen molar-refractivity contribution in [3.8, 4) is 0 Å². The van der Waals surface area contributed by atoms with Gasteiger partial charge >= 0.3 is 0 Å². The highest BCUT2D eigenvalue weighted by Crippen LogP contribution is 2.40. The second-order valence-corrected chi connectivity index (χ2v) is 7.19. The lowest BCUT2D eigenvalue weighted by Gasteiger charge is -2.08. The minimum absolute atomic E-state index is 0.0199. The van der Waals surface area contributed by atoms with Crippen molar-refractivity contribution in [2.24, 2.45) is 0 Å². The molecule has 0 radical (unpaired) electrons. The molecule has 1 aliphatic carbocycles. The molecule has 1 amide bonds. The average molecular weight is 270 g/mol. The highest BCUT2D eigenvalue weighted by molar-refractivity contribution is 7.91. The molecule has 7 heteroatoms. The number of carbonyl (C=O) groups excluding carboxylic acids is 1. The maximum absolute atomic E-state index is 11.8. The predicted octanol–water partition coefficient (Wildman–Crippen LogP) is 0.469. The molecule has 1 unspecified atom stereocenters. The van der Waals surface area contributed by atoms with Crippen LogP contribution in [-0.4, -0.2) is 37.0 Å². The van der Waals surface area contributed by atoms with Crippen molar-refractivity contribution in [2.45, 2.75) is 31.2 Å². The van der Waals surface area contributed by atoms with Gasteiger partial charge in [-0.05, 0) is 19.3 Å². The number of aromatic nitrogens is 1. The minimum atomic E-state index is -2.98. The molecular weight excluding hydrogens is 256 g/mol. The quantitative estimate of drug-likeness (QED) is 0.862. The van der Waals surface area contributed by atoms with E-state index >= 15 is 0 Å². The van der Waals surface area contributed by atoms with Gasteiger partial charge in [-0.15, -0.1) is 0 Å². The van der Waals surface area contributed by atoms with Gasteiger partial charge in [0.1, 0.15) is 5.76 Å². The van der Waals surface area contributed by atoms with Crippen LogP contribution in [0.3, 0.4) is 0 Å². The molecule has 18 heavy (non-hydrogen) atoms. The van der Waals surface area contributed by atoms with E-state index in [1.165, 1.54) is 0 Å². The largest absolute Gasteiger partial charge is 0.360 e. The first kappa shape index (κ1) is 11.7. The average Bonchev–Trinajstić information content (AvgIpc) is 2.93. The standard InChI is InChI=1S/C11H14N2O4S/c14-11(12-8-3-4-18(15,16)6-8)9-5-10(17-13-9)7-1-2-7/h5,7-8H,1-4,6H2,(H,12,14). The second-order valence-electron chi connectivity index (χ2n) is 4.96. The Morgan fingerprint density at radius 2 is 2.17 bits per heavy atom. The van der Waals surface area contributed by atoms with Crippen molar-refractivity contribution in [1.82, 2.24) is 10.5 Å². The minimum Gasteiger partial charge on any atom is -0.360 e. The molecular formula is C11H14N2O4S.